The Kier molecular flexibility index (Phi) is 5.43. The number of rotatable bonds is 4. The van der Waals surface area contributed by atoms with E-state index in [0.717, 1.165) is 0 Å². The first-order valence-corrected chi connectivity index (χ1v) is 9.14. The quantitative estimate of drug-likeness (QED) is 0.764. The van der Waals surface area contributed by atoms with Crippen LogP contribution in [0.1, 0.15) is 33.9 Å². The molecular formula is C20H19N3O2S. The molecule has 0 unspecified atom stereocenters. The third kappa shape index (κ3) is 4.15. The second-order valence-corrected chi connectivity index (χ2v) is 6.91. The summed E-state index contributed by atoms with van der Waals surface area (Å²) in [5.74, 6) is -0.323. The van der Waals surface area contributed by atoms with Crippen molar-refractivity contribution >= 4 is 28.8 Å². The normalized spacial score (nSPS) is 11.6. The van der Waals surface area contributed by atoms with Crippen LogP contribution in [0, 0.1) is 0 Å². The van der Waals surface area contributed by atoms with Crippen molar-refractivity contribution in [3.63, 3.8) is 0 Å². The van der Waals surface area contributed by atoms with Crippen LogP contribution in [-0.2, 0) is 0 Å². The van der Waals surface area contributed by atoms with E-state index in [1.807, 2.05) is 37.4 Å². The molecule has 0 radical (unpaired) electrons. The minimum atomic E-state index is -0.166. The number of anilines is 1. The maximum atomic E-state index is 12.8. The van der Waals surface area contributed by atoms with Crippen molar-refractivity contribution in [2.24, 2.45) is 4.99 Å². The fraction of sp³-hybridized carbons (Fsp3) is 0.150. The van der Waals surface area contributed by atoms with Gasteiger partial charge in [-0.2, -0.15) is 0 Å². The molecule has 6 heteroatoms. The SMILES string of the molecule is CC(C)N=c1ccccn1C(=O)c1ccc(NC(=O)c2cccs2)cc1. The number of benzene rings is 1. The zero-order valence-electron chi connectivity index (χ0n) is 14.5. The molecule has 3 rings (SSSR count). The lowest BCUT2D eigenvalue weighted by atomic mass is 10.2. The Labute approximate surface area is 155 Å². The van der Waals surface area contributed by atoms with E-state index in [1.54, 1.807) is 42.6 Å². The number of carbonyl (C=O) groups excluding carboxylic acids is 2. The van der Waals surface area contributed by atoms with Crippen molar-refractivity contribution in [2.75, 3.05) is 5.32 Å². The molecule has 3 aromatic rings. The zero-order chi connectivity index (χ0) is 18.5. The monoisotopic (exact) mass is 365 g/mol. The highest BCUT2D eigenvalue weighted by Gasteiger charge is 2.10. The van der Waals surface area contributed by atoms with Gasteiger partial charge in [0, 0.05) is 23.5 Å². The van der Waals surface area contributed by atoms with Gasteiger partial charge in [-0.3, -0.25) is 19.1 Å². The molecule has 26 heavy (non-hydrogen) atoms. The Morgan fingerprint density at radius 3 is 2.46 bits per heavy atom. The summed E-state index contributed by atoms with van der Waals surface area (Å²) >= 11 is 1.38. The first kappa shape index (κ1) is 17.8. The molecule has 0 fully saturated rings. The summed E-state index contributed by atoms with van der Waals surface area (Å²) in [6.45, 7) is 3.93. The highest BCUT2D eigenvalue weighted by Crippen LogP contribution is 2.14. The number of thiophene rings is 1. The second kappa shape index (κ2) is 7.93. The summed E-state index contributed by atoms with van der Waals surface area (Å²) in [6, 6.07) is 16.0. The van der Waals surface area contributed by atoms with Crippen LogP contribution in [0.4, 0.5) is 5.69 Å². The zero-order valence-corrected chi connectivity index (χ0v) is 15.4. The van der Waals surface area contributed by atoms with Crippen LogP contribution in [0.3, 0.4) is 0 Å². The van der Waals surface area contributed by atoms with E-state index in [0.29, 0.717) is 21.6 Å². The summed E-state index contributed by atoms with van der Waals surface area (Å²) < 4.78 is 1.53. The number of hydrogen-bond donors (Lipinski definition) is 1. The van der Waals surface area contributed by atoms with Crippen LogP contribution >= 0.6 is 11.3 Å². The van der Waals surface area contributed by atoms with Gasteiger partial charge in [-0.1, -0.05) is 12.1 Å². The third-order valence-corrected chi connectivity index (χ3v) is 4.45. The maximum Gasteiger partial charge on any atom is 0.265 e. The van der Waals surface area contributed by atoms with Crippen molar-refractivity contribution in [2.45, 2.75) is 19.9 Å². The highest BCUT2D eigenvalue weighted by molar-refractivity contribution is 7.12. The van der Waals surface area contributed by atoms with Gasteiger partial charge in [-0.15, -0.1) is 11.3 Å². The smallest absolute Gasteiger partial charge is 0.265 e. The van der Waals surface area contributed by atoms with Gasteiger partial charge in [0.1, 0.15) is 5.49 Å². The molecule has 1 aromatic carbocycles. The van der Waals surface area contributed by atoms with Gasteiger partial charge in [-0.05, 0) is 61.7 Å². The maximum absolute atomic E-state index is 12.8. The molecule has 1 amide bonds. The van der Waals surface area contributed by atoms with Gasteiger partial charge in [0.05, 0.1) is 4.88 Å². The summed E-state index contributed by atoms with van der Waals surface area (Å²) in [6.07, 6.45) is 1.70. The summed E-state index contributed by atoms with van der Waals surface area (Å²) in [5.41, 5.74) is 1.78. The van der Waals surface area contributed by atoms with E-state index < -0.39 is 0 Å². The van der Waals surface area contributed by atoms with E-state index in [2.05, 4.69) is 10.3 Å². The lowest BCUT2D eigenvalue weighted by molar-refractivity contribution is 0.0954. The van der Waals surface area contributed by atoms with E-state index in [4.69, 9.17) is 0 Å². The van der Waals surface area contributed by atoms with Crippen LogP contribution in [0.2, 0.25) is 0 Å². The molecule has 0 spiro atoms. The van der Waals surface area contributed by atoms with Crippen molar-refractivity contribution in [1.82, 2.24) is 4.57 Å². The second-order valence-electron chi connectivity index (χ2n) is 5.97. The van der Waals surface area contributed by atoms with E-state index in [1.165, 1.54) is 15.9 Å². The molecule has 0 aliphatic carbocycles. The number of aromatic nitrogens is 1. The Bertz CT molecular complexity index is 971. The molecule has 132 valence electrons. The number of hydrogen-bond acceptors (Lipinski definition) is 4. The molecule has 0 atom stereocenters. The Morgan fingerprint density at radius 2 is 1.81 bits per heavy atom. The molecule has 0 aliphatic rings. The number of carbonyl (C=O) groups is 2. The van der Waals surface area contributed by atoms with Gasteiger partial charge >= 0.3 is 0 Å². The fourth-order valence-electron chi connectivity index (χ4n) is 2.41. The molecular weight excluding hydrogens is 346 g/mol. The molecule has 1 N–H and O–H groups in total. The number of nitrogens with one attached hydrogen (secondary N) is 1. The lowest BCUT2D eigenvalue weighted by Crippen LogP contribution is -2.28. The summed E-state index contributed by atoms with van der Waals surface area (Å²) in [4.78, 5) is 30.0. The highest BCUT2D eigenvalue weighted by atomic mass is 32.1. The van der Waals surface area contributed by atoms with Gasteiger partial charge in [0.15, 0.2) is 0 Å². The number of nitrogens with zero attached hydrogens (tertiary/aromatic N) is 2. The van der Waals surface area contributed by atoms with Crippen LogP contribution in [0.15, 0.2) is 71.2 Å². The number of amides is 1. The van der Waals surface area contributed by atoms with Gasteiger partial charge in [0.2, 0.25) is 0 Å². The molecule has 2 heterocycles. The van der Waals surface area contributed by atoms with E-state index >= 15 is 0 Å². The minimum Gasteiger partial charge on any atom is -0.321 e. The Hall–Kier alpha value is -2.99. The van der Waals surface area contributed by atoms with Crippen molar-refractivity contribution in [3.8, 4) is 0 Å². The topological polar surface area (TPSA) is 63.5 Å². The van der Waals surface area contributed by atoms with Crippen LogP contribution in [0.5, 0.6) is 0 Å². The third-order valence-electron chi connectivity index (χ3n) is 3.58. The minimum absolute atomic E-state index is 0.0892. The molecule has 0 bridgehead atoms. The van der Waals surface area contributed by atoms with Crippen LogP contribution < -0.4 is 10.8 Å². The Balaban J connectivity index is 1.81. The van der Waals surface area contributed by atoms with Crippen LogP contribution in [-0.4, -0.2) is 22.4 Å². The average Bonchev–Trinajstić information content (AvgIpc) is 3.17. The molecule has 0 aliphatic heterocycles. The van der Waals surface area contributed by atoms with Gasteiger partial charge < -0.3 is 5.32 Å². The van der Waals surface area contributed by atoms with Crippen molar-refractivity contribution < 1.29 is 9.59 Å². The van der Waals surface area contributed by atoms with Gasteiger partial charge in [-0.25, -0.2) is 0 Å². The largest absolute Gasteiger partial charge is 0.321 e. The molecule has 2 aromatic heterocycles. The fourth-order valence-corrected chi connectivity index (χ4v) is 3.03. The van der Waals surface area contributed by atoms with Crippen LogP contribution in [0.25, 0.3) is 0 Å². The van der Waals surface area contributed by atoms with Gasteiger partial charge in [0.25, 0.3) is 11.8 Å². The first-order valence-electron chi connectivity index (χ1n) is 8.26. The first-order chi connectivity index (χ1) is 12.5. The van der Waals surface area contributed by atoms with E-state index in [9.17, 15) is 9.59 Å². The number of pyridine rings is 1. The predicted octanol–water partition coefficient (Wildman–Crippen LogP) is 3.80. The average molecular weight is 365 g/mol. The molecule has 5 nitrogen and oxygen atoms in total. The van der Waals surface area contributed by atoms with E-state index in [-0.39, 0.29) is 17.9 Å². The van der Waals surface area contributed by atoms with Crippen molar-refractivity contribution in [1.29, 1.82) is 0 Å². The molecule has 0 saturated heterocycles. The summed E-state index contributed by atoms with van der Waals surface area (Å²) in [7, 11) is 0. The lowest BCUT2D eigenvalue weighted by Gasteiger charge is -2.08. The molecule has 0 saturated carbocycles. The predicted molar refractivity (Wildman–Crippen MR) is 104 cm³/mol. The standard InChI is InChI=1S/C20H19N3O2S/c1-14(2)21-18-7-3-4-12-23(18)20(25)15-8-10-16(11-9-15)22-19(24)17-6-5-13-26-17/h3-14H,1-2H3,(H,22,24). The summed E-state index contributed by atoms with van der Waals surface area (Å²) in [5, 5.41) is 4.68. The van der Waals surface area contributed by atoms with Crippen molar-refractivity contribution in [3.05, 3.63) is 82.1 Å². The Morgan fingerprint density at radius 1 is 1.04 bits per heavy atom.